The van der Waals surface area contributed by atoms with Gasteiger partial charge in [-0.25, -0.2) is 29.5 Å². The second kappa shape index (κ2) is 29.5. The number of anilines is 2. The number of hydrogen-bond donors (Lipinski definition) is 1. The number of alkyl halides is 12. The molecular formula is C62H69BrF12N8O8S. The van der Waals surface area contributed by atoms with Crippen molar-refractivity contribution >= 4 is 63.0 Å². The number of cyclic esters (lactones) is 2. The Morgan fingerprint density at radius 2 is 1.02 bits per heavy atom. The van der Waals surface area contributed by atoms with Gasteiger partial charge in [0.15, 0.2) is 11.6 Å². The van der Waals surface area contributed by atoms with Crippen LogP contribution in [0, 0.1) is 23.7 Å². The molecule has 2 saturated carbocycles. The second-order valence-electron chi connectivity index (χ2n) is 23.4. The Bertz CT molecular complexity index is 3320. The van der Waals surface area contributed by atoms with Crippen LogP contribution in [0.3, 0.4) is 0 Å². The highest BCUT2D eigenvalue weighted by molar-refractivity contribution is 9.10. The van der Waals surface area contributed by atoms with Crippen LogP contribution in [0.15, 0.2) is 70.9 Å². The van der Waals surface area contributed by atoms with Gasteiger partial charge in [-0.1, -0.05) is 6.07 Å². The Balaban J connectivity index is 0.000000237. The van der Waals surface area contributed by atoms with Crippen LogP contribution in [-0.2, 0) is 61.6 Å². The van der Waals surface area contributed by atoms with Crippen molar-refractivity contribution in [2.75, 3.05) is 42.6 Å². The van der Waals surface area contributed by atoms with Crippen molar-refractivity contribution in [3.63, 3.8) is 0 Å². The van der Waals surface area contributed by atoms with Crippen LogP contribution >= 0.6 is 27.3 Å². The lowest BCUT2D eigenvalue weighted by atomic mass is 9.80. The Hall–Kier alpha value is -6.98. The lowest BCUT2D eigenvalue weighted by Gasteiger charge is -2.33. The Kier molecular flexibility index (Phi) is 22.8. The maximum atomic E-state index is 13.6. The molecule has 30 heteroatoms. The van der Waals surface area contributed by atoms with E-state index in [1.54, 1.807) is 13.1 Å². The normalized spacial score (nSPS) is 22.2. The van der Waals surface area contributed by atoms with Crippen molar-refractivity contribution in [3.05, 3.63) is 116 Å². The van der Waals surface area contributed by atoms with Gasteiger partial charge in [0, 0.05) is 39.0 Å². The number of halogens is 13. The van der Waals surface area contributed by atoms with E-state index in [0.29, 0.717) is 103 Å². The standard InChI is InChI=1S/C32H34F6N4O4S.C30H35BrF6N4O4/c1-3-41(16-20-8-6-19(7-9-20)11-27(43)44)29-25(40-24(15-39-29)26-5-4-10-47-26)17-42-18(2)28(46-30(42)45)21-12-22(31(33,34)35)14-23(13-21)32(36,37)38;1-4-40(15-19-8-6-18(7-9-19)10-25(42)44-5-2)27-23(39-24(31)14-38-27)16-41-17(3)26(45-28(41)43)20-11-21(29(32,33)34)13-22(12-20)30(35,36)37/h4-5,10,12-15,18-20,28H,3,6-9,11,16-17H2,1-2H3,(H,43,44);11-14,17-19,26H,4-10,15-16H2,1-3H3/t18-,19?,20?,28?;17-,18?,19?,26?/m00/s1. The molecule has 2 unspecified atom stereocenters. The Morgan fingerprint density at radius 3 is 1.40 bits per heavy atom. The summed E-state index contributed by atoms with van der Waals surface area (Å²) < 4.78 is 179. The highest BCUT2D eigenvalue weighted by Gasteiger charge is 2.46. The first kappa shape index (κ1) is 70.9. The molecule has 4 atom stereocenters. The van der Waals surface area contributed by atoms with Crippen LogP contribution < -0.4 is 9.80 Å². The van der Waals surface area contributed by atoms with Gasteiger partial charge in [-0.15, -0.1) is 11.3 Å². The van der Waals surface area contributed by atoms with Gasteiger partial charge >= 0.3 is 48.8 Å². The van der Waals surface area contributed by atoms with Crippen LogP contribution in [0.25, 0.3) is 10.6 Å². The fourth-order valence-electron chi connectivity index (χ4n) is 12.3. The SMILES string of the molecule is CCN(CC1CCC(CC(=O)O)CC1)c1ncc(-c2cccs2)nc1CN1C(=O)OC(c2cc(C(F)(F)F)cc(C(F)(F)F)c2)[C@@H]1C.CCOC(=O)CC1CCC(CN(CC)c2ncc(Br)nc2CN2C(=O)OC(c3cc(C(F)(F)F)cc(C(F)(F)F)c3)[C@@H]2C)CC1. The summed E-state index contributed by atoms with van der Waals surface area (Å²) in [6.45, 7) is 11.1. The second-order valence-corrected chi connectivity index (χ2v) is 25.2. The molecule has 2 aliphatic heterocycles. The van der Waals surface area contributed by atoms with Crippen molar-refractivity contribution in [2.45, 2.75) is 161 Å². The van der Waals surface area contributed by atoms with Crippen LogP contribution in [0.5, 0.6) is 0 Å². The van der Waals surface area contributed by atoms with Gasteiger partial charge in [0.25, 0.3) is 0 Å². The molecule has 5 heterocycles. The van der Waals surface area contributed by atoms with Crippen LogP contribution in [0.4, 0.5) is 73.9 Å². The summed E-state index contributed by atoms with van der Waals surface area (Å²) in [7, 11) is 0. The Labute approximate surface area is 535 Å². The first-order valence-corrected chi connectivity index (χ1v) is 31.7. The van der Waals surface area contributed by atoms with E-state index in [9.17, 15) is 71.9 Å². The van der Waals surface area contributed by atoms with Crippen molar-refractivity contribution in [1.82, 2.24) is 29.7 Å². The third-order valence-corrected chi connectivity index (χ3v) is 18.4. The summed E-state index contributed by atoms with van der Waals surface area (Å²) in [5.74, 6) is 1.04. The maximum Gasteiger partial charge on any atom is 0.416 e. The number of aromatic nitrogens is 4. The van der Waals surface area contributed by atoms with E-state index in [1.165, 1.54) is 41.2 Å². The zero-order valence-corrected chi connectivity index (χ0v) is 53.1. The minimum atomic E-state index is -5.05. The lowest BCUT2D eigenvalue weighted by molar-refractivity contribution is -0.145. The number of carbonyl (C=O) groups is 4. The summed E-state index contributed by atoms with van der Waals surface area (Å²) in [4.78, 5) is 75.3. The molecule has 4 fully saturated rings. The van der Waals surface area contributed by atoms with Crippen LogP contribution in [0.2, 0.25) is 0 Å². The number of carbonyl (C=O) groups excluding carboxylic acids is 3. The number of rotatable bonds is 20. The van der Waals surface area contributed by atoms with Crippen molar-refractivity contribution in [1.29, 1.82) is 0 Å². The van der Waals surface area contributed by atoms with E-state index in [-0.39, 0.29) is 55.4 Å². The molecule has 0 bridgehead atoms. The number of nitrogens with zero attached hydrogens (tertiary/aromatic N) is 8. The number of esters is 1. The van der Waals surface area contributed by atoms with E-state index < -0.39 is 101 Å². The third-order valence-electron chi connectivity index (χ3n) is 17.2. The molecule has 502 valence electrons. The van der Waals surface area contributed by atoms with Crippen molar-refractivity contribution < 1.29 is 91.2 Å². The molecule has 5 aromatic rings. The van der Waals surface area contributed by atoms with E-state index in [1.807, 2.05) is 41.2 Å². The van der Waals surface area contributed by atoms with Gasteiger partial charge in [0.05, 0.1) is 77.0 Å². The van der Waals surface area contributed by atoms with Crippen molar-refractivity contribution in [2.24, 2.45) is 23.7 Å². The molecule has 9 rings (SSSR count). The smallest absolute Gasteiger partial charge is 0.416 e. The van der Waals surface area contributed by atoms with Gasteiger partial charge in [-0.05, 0) is 185 Å². The molecule has 0 spiro atoms. The number of benzene rings is 2. The number of thiophene rings is 1. The monoisotopic (exact) mass is 1390 g/mol. The summed E-state index contributed by atoms with van der Waals surface area (Å²) in [6.07, 6.45) is -14.1. The molecule has 16 nitrogen and oxygen atoms in total. The van der Waals surface area contributed by atoms with E-state index >= 15 is 0 Å². The highest BCUT2D eigenvalue weighted by Crippen LogP contribution is 2.45. The minimum Gasteiger partial charge on any atom is -0.481 e. The maximum absolute atomic E-state index is 13.6. The van der Waals surface area contributed by atoms with E-state index in [0.717, 1.165) is 56.2 Å². The Morgan fingerprint density at radius 1 is 0.620 bits per heavy atom. The van der Waals surface area contributed by atoms with Gasteiger partial charge in [0.1, 0.15) is 28.2 Å². The number of carboxylic acid groups (broad SMARTS) is 1. The largest absolute Gasteiger partial charge is 0.481 e. The number of ether oxygens (including phenoxy) is 3. The van der Waals surface area contributed by atoms with Gasteiger partial charge < -0.3 is 29.1 Å². The van der Waals surface area contributed by atoms with E-state index in [2.05, 4.69) is 25.9 Å². The summed E-state index contributed by atoms with van der Waals surface area (Å²) >= 11 is 4.75. The molecular weight excluding hydrogens is 1320 g/mol. The fourth-order valence-corrected chi connectivity index (χ4v) is 13.3. The zero-order chi connectivity index (χ0) is 67.2. The fraction of sp³-hybridized carbons (Fsp3) is 0.548. The quantitative estimate of drug-likeness (QED) is 0.0441. The summed E-state index contributed by atoms with van der Waals surface area (Å²) in [5, 5.41) is 11.0. The molecule has 2 aliphatic carbocycles. The van der Waals surface area contributed by atoms with Gasteiger partial charge in [-0.2, -0.15) is 52.7 Å². The molecule has 92 heavy (non-hydrogen) atoms. The molecule has 2 saturated heterocycles. The predicted molar refractivity (Wildman–Crippen MR) is 317 cm³/mol. The first-order chi connectivity index (χ1) is 43.2. The van der Waals surface area contributed by atoms with Crippen molar-refractivity contribution in [3.8, 4) is 10.6 Å². The zero-order valence-electron chi connectivity index (χ0n) is 50.7. The van der Waals surface area contributed by atoms with Crippen LogP contribution in [0.1, 0.15) is 156 Å². The average molecular weight is 1390 g/mol. The molecule has 2 aromatic carbocycles. The number of amides is 2. The average Bonchev–Trinajstić information content (AvgIpc) is 1.48. The molecule has 4 aliphatic rings. The highest BCUT2D eigenvalue weighted by atomic mass is 79.9. The van der Waals surface area contributed by atoms with Gasteiger partial charge in [-0.3, -0.25) is 19.4 Å². The minimum absolute atomic E-state index is 0.0399. The summed E-state index contributed by atoms with van der Waals surface area (Å²) in [6, 6.07) is 4.27. The molecule has 0 radical (unpaired) electrons. The van der Waals surface area contributed by atoms with Crippen LogP contribution in [-0.4, -0.2) is 104 Å². The topological polar surface area (TPSA) is 181 Å². The molecule has 3 aromatic heterocycles. The molecule has 1 N–H and O–H groups in total. The summed E-state index contributed by atoms with van der Waals surface area (Å²) in [5.41, 5.74) is -5.42. The third kappa shape index (κ3) is 17.8. The number of aliphatic carboxylic acids is 1. The number of carboxylic acids is 1. The molecule has 2 amide bonds. The number of hydrogen-bond acceptors (Lipinski definition) is 14. The van der Waals surface area contributed by atoms with E-state index in [4.69, 9.17) is 29.3 Å². The predicted octanol–water partition coefficient (Wildman–Crippen LogP) is 16.4. The van der Waals surface area contributed by atoms with Gasteiger partial charge in [0.2, 0.25) is 0 Å². The lowest BCUT2D eigenvalue weighted by Crippen LogP contribution is -2.36. The first-order valence-electron chi connectivity index (χ1n) is 30.1.